The van der Waals surface area contributed by atoms with E-state index in [0.29, 0.717) is 0 Å². The first-order valence-corrected chi connectivity index (χ1v) is 6.21. The van der Waals surface area contributed by atoms with Crippen molar-refractivity contribution in [2.24, 2.45) is 0 Å². The van der Waals surface area contributed by atoms with Crippen molar-refractivity contribution in [3.63, 3.8) is 0 Å². The number of anilines is 1. The lowest BCUT2D eigenvalue weighted by Gasteiger charge is -2.18. The monoisotopic (exact) mass is 224 g/mol. The Morgan fingerprint density at radius 3 is 2.56 bits per heavy atom. The van der Waals surface area contributed by atoms with Gasteiger partial charge >= 0.3 is 0 Å². The Morgan fingerprint density at radius 1 is 1.31 bits per heavy atom. The van der Waals surface area contributed by atoms with Gasteiger partial charge in [-0.3, -0.25) is 0 Å². The molecule has 92 valence electrons. The SMILES string of the molecule is CCN(CC)CCNc1nc(C)cn1CC. The van der Waals surface area contributed by atoms with Crippen molar-refractivity contribution in [2.45, 2.75) is 34.2 Å². The van der Waals surface area contributed by atoms with E-state index in [-0.39, 0.29) is 0 Å². The molecule has 0 fully saturated rings. The van der Waals surface area contributed by atoms with Gasteiger partial charge in [-0.05, 0) is 26.9 Å². The van der Waals surface area contributed by atoms with Crippen molar-refractivity contribution in [1.29, 1.82) is 0 Å². The molecule has 1 rings (SSSR count). The fourth-order valence-electron chi connectivity index (χ4n) is 1.79. The van der Waals surface area contributed by atoms with Gasteiger partial charge in [0.25, 0.3) is 0 Å². The van der Waals surface area contributed by atoms with Gasteiger partial charge < -0.3 is 14.8 Å². The maximum absolute atomic E-state index is 4.46. The molecule has 0 aromatic carbocycles. The smallest absolute Gasteiger partial charge is 0.203 e. The van der Waals surface area contributed by atoms with Gasteiger partial charge in [-0.2, -0.15) is 0 Å². The van der Waals surface area contributed by atoms with Crippen LogP contribution in [0.4, 0.5) is 5.95 Å². The van der Waals surface area contributed by atoms with Crippen molar-refractivity contribution < 1.29 is 0 Å². The lowest BCUT2D eigenvalue weighted by atomic mass is 10.4. The molecule has 0 saturated heterocycles. The van der Waals surface area contributed by atoms with Gasteiger partial charge in [0.05, 0.1) is 5.69 Å². The molecule has 4 heteroatoms. The summed E-state index contributed by atoms with van der Waals surface area (Å²) in [5.74, 6) is 0.993. The van der Waals surface area contributed by atoms with Crippen LogP contribution in [-0.4, -0.2) is 40.6 Å². The second kappa shape index (κ2) is 6.53. The van der Waals surface area contributed by atoms with Crippen molar-refractivity contribution in [1.82, 2.24) is 14.5 Å². The van der Waals surface area contributed by atoms with Crippen LogP contribution in [0.2, 0.25) is 0 Å². The number of likely N-dealkylation sites (N-methyl/N-ethyl adjacent to an activating group) is 1. The third-order valence-corrected chi connectivity index (χ3v) is 2.84. The quantitative estimate of drug-likeness (QED) is 0.768. The summed E-state index contributed by atoms with van der Waals surface area (Å²) in [4.78, 5) is 6.87. The summed E-state index contributed by atoms with van der Waals surface area (Å²) in [6.07, 6.45) is 2.08. The summed E-state index contributed by atoms with van der Waals surface area (Å²) in [6.45, 7) is 13.8. The van der Waals surface area contributed by atoms with E-state index >= 15 is 0 Å². The van der Waals surface area contributed by atoms with Gasteiger partial charge in [0.15, 0.2) is 0 Å². The molecule has 16 heavy (non-hydrogen) atoms. The van der Waals surface area contributed by atoms with Crippen LogP contribution in [0.1, 0.15) is 26.5 Å². The molecule has 0 saturated carbocycles. The molecule has 0 bridgehead atoms. The van der Waals surface area contributed by atoms with Gasteiger partial charge in [-0.15, -0.1) is 0 Å². The highest BCUT2D eigenvalue weighted by atomic mass is 15.2. The molecule has 0 atom stereocenters. The first-order chi connectivity index (χ1) is 7.71. The normalized spacial score (nSPS) is 11.1. The molecule has 0 aliphatic carbocycles. The summed E-state index contributed by atoms with van der Waals surface area (Å²) < 4.78 is 2.15. The third kappa shape index (κ3) is 3.52. The highest BCUT2D eigenvalue weighted by Gasteiger charge is 2.04. The van der Waals surface area contributed by atoms with Gasteiger partial charge in [-0.1, -0.05) is 13.8 Å². The minimum absolute atomic E-state index is 0.956. The highest BCUT2D eigenvalue weighted by Crippen LogP contribution is 2.07. The number of rotatable bonds is 7. The molecule has 1 aromatic heterocycles. The number of hydrogen-bond donors (Lipinski definition) is 1. The Hall–Kier alpha value is -1.03. The Kier molecular flexibility index (Phi) is 5.32. The summed E-state index contributed by atoms with van der Waals surface area (Å²) in [6, 6.07) is 0. The first kappa shape index (κ1) is 13.0. The summed E-state index contributed by atoms with van der Waals surface area (Å²) in [5.41, 5.74) is 1.08. The Balaban J connectivity index is 2.41. The number of nitrogens with zero attached hydrogens (tertiary/aromatic N) is 3. The molecule has 1 aromatic rings. The number of aromatic nitrogens is 2. The minimum atomic E-state index is 0.956. The maximum atomic E-state index is 4.46. The van der Waals surface area contributed by atoms with Crippen molar-refractivity contribution in [2.75, 3.05) is 31.5 Å². The summed E-state index contributed by atoms with van der Waals surface area (Å²) in [7, 11) is 0. The lowest BCUT2D eigenvalue weighted by Crippen LogP contribution is -2.29. The van der Waals surface area contributed by atoms with E-state index in [1.54, 1.807) is 0 Å². The second-order valence-electron chi connectivity index (χ2n) is 3.95. The molecular formula is C12H24N4. The molecule has 0 unspecified atom stereocenters. The van der Waals surface area contributed by atoms with E-state index in [1.807, 2.05) is 6.92 Å². The maximum Gasteiger partial charge on any atom is 0.203 e. The average Bonchev–Trinajstić information content (AvgIpc) is 2.65. The topological polar surface area (TPSA) is 33.1 Å². The second-order valence-corrected chi connectivity index (χ2v) is 3.95. The van der Waals surface area contributed by atoms with Crippen molar-refractivity contribution in [3.8, 4) is 0 Å². The van der Waals surface area contributed by atoms with Gasteiger partial charge in [0.1, 0.15) is 0 Å². The summed E-state index contributed by atoms with van der Waals surface area (Å²) in [5, 5.41) is 3.39. The third-order valence-electron chi connectivity index (χ3n) is 2.84. The molecule has 0 aliphatic heterocycles. The van der Waals surface area contributed by atoms with Crippen LogP contribution in [0.25, 0.3) is 0 Å². The molecule has 1 N–H and O–H groups in total. The van der Waals surface area contributed by atoms with Crippen LogP contribution in [0.15, 0.2) is 6.20 Å². The molecular weight excluding hydrogens is 200 g/mol. The van der Waals surface area contributed by atoms with Crippen LogP contribution in [0.5, 0.6) is 0 Å². The van der Waals surface area contributed by atoms with E-state index in [2.05, 4.69) is 46.7 Å². The van der Waals surface area contributed by atoms with E-state index in [0.717, 1.165) is 44.4 Å². The molecule has 0 radical (unpaired) electrons. The number of hydrogen-bond acceptors (Lipinski definition) is 3. The number of imidazole rings is 1. The Labute approximate surface area is 98.7 Å². The van der Waals surface area contributed by atoms with Crippen molar-refractivity contribution >= 4 is 5.95 Å². The zero-order valence-corrected chi connectivity index (χ0v) is 11.0. The largest absolute Gasteiger partial charge is 0.354 e. The van der Waals surface area contributed by atoms with Crippen LogP contribution in [0, 0.1) is 6.92 Å². The van der Waals surface area contributed by atoms with Gasteiger partial charge in [-0.25, -0.2) is 4.98 Å². The Bertz CT molecular complexity index is 302. The van der Waals surface area contributed by atoms with Gasteiger partial charge in [0, 0.05) is 25.8 Å². The lowest BCUT2D eigenvalue weighted by molar-refractivity contribution is 0.315. The minimum Gasteiger partial charge on any atom is -0.354 e. The average molecular weight is 224 g/mol. The van der Waals surface area contributed by atoms with Crippen LogP contribution >= 0.6 is 0 Å². The van der Waals surface area contributed by atoms with Gasteiger partial charge in [0.2, 0.25) is 5.95 Å². The fourth-order valence-corrected chi connectivity index (χ4v) is 1.79. The standard InChI is InChI=1S/C12H24N4/c1-5-15(6-2)9-8-13-12-14-11(4)10-16(12)7-3/h10H,5-9H2,1-4H3,(H,13,14). The molecule has 1 heterocycles. The predicted molar refractivity (Wildman–Crippen MR) is 68.9 cm³/mol. The Morgan fingerprint density at radius 2 is 2.00 bits per heavy atom. The summed E-state index contributed by atoms with van der Waals surface area (Å²) >= 11 is 0. The molecule has 4 nitrogen and oxygen atoms in total. The van der Waals surface area contributed by atoms with Crippen LogP contribution in [0.3, 0.4) is 0 Å². The zero-order valence-electron chi connectivity index (χ0n) is 11.0. The first-order valence-electron chi connectivity index (χ1n) is 6.21. The molecule has 0 amide bonds. The zero-order chi connectivity index (χ0) is 12.0. The van der Waals surface area contributed by atoms with E-state index in [9.17, 15) is 0 Å². The van der Waals surface area contributed by atoms with Crippen LogP contribution < -0.4 is 5.32 Å². The molecule has 0 aliphatic rings. The highest BCUT2D eigenvalue weighted by molar-refractivity contribution is 5.28. The predicted octanol–water partition coefficient (Wildman–Crippen LogP) is 1.97. The van der Waals surface area contributed by atoms with Crippen LogP contribution in [-0.2, 0) is 6.54 Å². The van der Waals surface area contributed by atoms with E-state index in [4.69, 9.17) is 0 Å². The van der Waals surface area contributed by atoms with E-state index < -0.39 is 0 Å². The number of nitrogens with one attached hydrogen (secondary N) is 1. The number of aryl methyl sites for hydroxylation is 2. The van der Waals surface area contributed by atoms with E-state index in [1.165, 1.54) is 0 Å². The van der Waals surface area contributed by atoms with Crippen molar-refractivity contribution in [3.05, 3.63) is 11.9 Å². The fraction of sp³-hybridized carbons (Fsp3) is 0.750. The molecule has 0 spiro atoms.